The summed E-state index contributed by atoms with van der Waals surface area (Å²) in [4.78, 5) is 0.388. The van der Waals surface area contributed by atoms with Crippen LogP contribution in [-0.2, 0) is 19.3 Å². The number of sulfone groups is 1. The van der Waals surface area contributed by atoms with Crippen molar-refractivity contribution in [1.82, 2.24) is 0 Å². The van der Waals surface area contributed by atoms with Crippen molar-refractivity contribution in [3.05, 3.63) is 30.3 Å². The smallest absolute Gasteiger partial charge is 0.178 e. The number of unbranched alkanes of at least 4 members (excludes halogenated alkanes) is 1. The normalized spacial score (nSPS) is 14.7. The van der Waals surface area contributed by atoms with Crippen LogP contribution in [0.3, 0.4) is 0 Å². The third kappa shape index (κ3) is 7.38. The molecule has 0 aliphatic heterocycles. The van der Waals surface area contributed by atoms with Crippen molar-refractivity contribution in [2.45, 2.75) is 51.2 Å². The minimum absolute atomic E-state index is 0.0491. The maximum absolute atomic E-state index is 12.2. The van der Waals surface area contributed by atoms with Gasteiger partial charge < -0.3 is 9.47 Å². The molecular weight excluding hydrogens is 300 g/mol. The second-order valence-corrected chi connectivity index (χ2v) is 7.69. The Hall–Kier alpha value is -0.910. The Balaban J connectivity index is 2.30. The zero-order valence-electron chi connectivity index (χ0n) is 13.8. The largest absolute Gasteiger partial charge is 0.353 e. The first kappa shape index (κ1) is 19.1. The van der Waals surface area contributed by atoms with Crippen molar-refractivity contribution < 1.29 is 17.9 Å². The molecule has 126 valence electrons. The average molecular weight is 328 g/mol. The Morgan fingerprint density at radius 2 is 1.68 bits per heavy atom. The van der Waals surface area contributed by atoms with Crippen LogP contribution in [0.2, 0.25) is 0 Å². The summed E-state index contributed by atoms with van der Waals surface area (Å²) in [7, 11) is -3.21. The fraction of sp³-hybridized carbons (Fsp3) is 0.647. The van der Waals surface area contributed by atoms with E-state index in [1.165, 1.54) is 0 Å². The number of hydrogen-bond acceptors (Lipinski definition) is 4. The first-order valence-corrected chi connectivity index (χ1v) is 9.62. The van der Waals surface area contributed by atoms with Gasteiger partial charge >= 0.3 is 0 Å². The van der Waals surface area contributed by atoms with Gasteiger partial charge in [0.2, 0.25) is 0 Å². The highest BCUT2D eigenvalue weighted by atomic mass is 32.2. The molecule has 0 aromatic heterocycles. The number of rotatable bonds is 11. The minimum atomic E-state index is -3.21. The minimum Gasteiger partial charge on any atom is -0.353 e. The van der Waals surface area contributed by atoms with Crippen molar-refractivity contribution in [1.29, 1.82) is 0 Å². The molecule has 0 amide bonds. The van der Waals surface area contributed by atoms with Crippen LogP contribution in [0.4, 0.5) is 0 Å². The molecule has 5 heteroatoms. The van der Waals surface area contributed by atoms with Crippen LogP contribution in [0.15, 0.2) is 35.2 Å². The summed E-state index contributed by atoms with van der Waals surface area (Å²) in [5.41, 5.74) is 0. The van der Waals surface area contributed by atoms with Crippen LogP contribution < -0.4 is 0 Å². The van der Waals surface area contributed by atoms with E-state index in [2.05, 4.69) is 6.92 Å². The molecule has 1 aromatic carbocycles. The molecule has 22 heavy (non-hydrogen) atoms. The lowest BCUT2D eigenvalue weighted by Crippen LogP contribution is -2.19. The van der Waals surface area contributed by atoms with Gasteiger partial charge in [-0.3, -0.25) is 0 Å². The van der Waals surface area contributed by atoms with Gasteiger partial charge in [0.25, 0.3) is 0 Å². The Bertz CT molecular complexity index is 499. The standard InChI is InChI=1S/C17H28O4S/c1-4-5-12-20-16(3)21-13-11-15(2)14-22(18,19)17-9-7-6-8-10-17/h6-10,15-16H,4-5,11-14H2,1-3H3. The Labute approximate surface area is 134 Å². The van der Waals surface area contributed by atoms with Gasteiger partial charge in [0.1, 0.15) is 0 Å². The van der Waals surface area contributed by atoms with Crippen LogP contribution in [0, 0.1) is 5.92 Å². The number of ether oxygens (including phenoxy) is 2. The lowest BCUT2D eigenvalue weighted by atomic mass is 10.1. The van der Waals surface area contributed by atoms with Crippen LogP contribution in [0.5, 0.6) is 0 Å². The van der Waals surface area contributed by atoms with E-state index in [9.17, 15) is 8.42 Å². The van der Waals surface area contributed by atoms with Crippen molar-refractivity contribution in [3.8, 4) is 0 Å². The molecule has 0 aliphatic rings. The molecule has 0 saturated carbocycles. The van der Waals surface area contributed by atoms with E-state index < -0.39 is 9.84 Å². The molecule has 0 spiro atoms. The summed E-state index contributed by atoms with van der Waals surface area (Å²) in [5.74, 6) is 0.193. The van der Waals surface area contributed by atoms with Crippen molar-refractivity contribution in [2.75, 3.05) is 19.0 Å². The zero-order chi connectivity index (χ0) is 16.4. The van der Waals surface area contributed by atoms with Gasteiger partial charge in [0.15, 0.2) is 16.1 Å². The number of benzene rings is 1. The first-order valence-electron chi connectivity index (χ1n) is 7.96. The first-order chi connectivity index (χ1) is 10.5. The van der Waals surface area contributed by atoms with Crippen LogP contribution in [0.1, 0.15) is 40.0 Å². The van der Waals surface area contributed by atoms with Gasteiger partial charge in [-0.15, -0.1) is 0 Å². The van der Waals surface area contributed by atoms with Gasteiger partial charge in [0, 0.05) is 6.61 Å². The Morgan fingerprint density at radius 3 is 2.32 bits per heavy atom. The predicted octanol–water partition coefficient (Wildman–Crippen LogP) is 3.67. The van der Waals surface area contributed by atoms with Gasteiger partial charge in [0.05, 0.1) is 17.3 Å². The second kappa shape index (κ2) is 9.98. The van der Waals surface area contributed by atoms with Gasteiger partial charge in [-0.05, 0) is 37.8 Å². The predicted molar refractivity (Wildman–Crippen MR) is 88.5 cm³/mol. The summed E-state index contributed by atoms with van der Waals surface area (Å²) < 4.78 is 35.6. The van der Waals surface area contributed by atoms with E-state index in [-0.39, 0.29) is 18.0 Å². The Morgan fingerprint density at radius 1 is 1.05 bits per heavy atom. The third-order valence-electron chi connectivity index (χ3n) is 3.42. The molecule has 0 aliphatic carbocycles. The number of hydrogen-bond donors (Lipinski definition) is 0. The fourth-order valence-electron chi connectivity index (χ4n) is 2.06. The molecule has 2 atom stereocenters. The van der Waals surface area contributed by atoms with Gasteiger partial charge in [-0.25, -0.2) is 8.42 Å². The second-order valence-electron chi connectivity index (χ2n) is 5.65. The maximum Gasteiger partial charge on any atom is 0.178 e. The quantitative estimate of drug-likeness (QED) is 0.459. The third-order valence-corrected chi connectivity index (χ3v) is 5.42. The van der Waals surface area contributed by atoms with Gasteiger partial charge in [-0.2, -0.15) is 0 Å². The van der Waals surface area contributed by atoms with Crippen molar-refractivity contribution in [2.24, 2.45) is 5.92 Å². The average Bonchev–Trinajstić information content (AvgIpc) is 2.48. The topological polar surface area (TPSA) is 52.6 Å². The van der Waals surface area contributed by atoms with Crippen LogP contribution >= 0.6 is 0 Å². The van der Waals surface area contributed by atoms with E-state index in [1.54, 1.807) is 24.3 Å². The molecular formula is C17H28O4S. The zero-order valence-corrected chi connectivity index (χ0v) is 14.6. The summed E-state index contributed by atoms with van der Waals surface area (Å²) in [6.07, 6.45) is 2.60. The van der Waals surface area contributed by atoms with Gasteiger partial charge in [-0.1, -0.05) is 38.5 Å². The highest BCUT2D eigenvalue weighted by molar-refractivity contribution is 7.91. The fourth-order valence-corrected chi connectivity index (χ4v) is 3.74. The molecule has 1 rings (SSSR count). The molecule has 0 heterocycles. The maximum atomic E-state index is 12.2. The summed E-state index contributed by atoms with van der Waals surface area (Å²) >= 11 is 0. The summed E-state index contributed by atoms with van der Waals surface area (Å²) in [6, 6.07) is 8.59. The van der Waals surface area contributed by atoms with E-state index in [0.29, 0.717) is 24.5 Å². The van der Waals surface area contributed by atoms with E-state index in [1.807, 2.05) is 19.9 Å². The molecule has 1 aromatic rings. The molecule has 2 unspecified atom stereocenters. The Kier molecular flexibility index (Phi) is 8.68. The van der Waals surface area contributed by atoms with Crippen LogP contribution in [-0.4, -0.2) is 33.7 Å². The lowest BCUT2D eigenvalue weighted by molar-refractivity contribution is -0.132. The molecule has 0 radical (unpaired) electrons. The molecule has 0 saturated heterocycles. The van der Waals surface area contributed by atoms with Crippen molar-refractivity contribution >= 4 is 9.84 Å². The highest BCUT2D eigenvalue weighted by Crippen LogP contribution is 2.15. The SMILES string of the molecule is CCCCOC(C)OCCC(C)CS(=O)(=O)c1ccccc1. The summed E-state index contributed by atoms with van der Waals surface area (Å²) in [6.45, 7) is 7.14. The van der Waals surface area contributed by atoms with Crippen molar-refractivity contribution in [3.63, 3.8) is 0 Å². The monoisotopic (exact) mass is 328 g/mol. The van der Waals surface area contributed by atoms with E-state index in [4.69, 9.17) is 9.47 Å². The highest BCUT2D eigenvalue weighted by Gasteiger charge is 2.18. The lowest BCUT2D eigenvalue weighted by Gasteiger charge is -2.16. The van der Waals surface area contributed by atoms with E-state index >= 15 is 0 Å². The van der Waals surface area contributed by atoms with E-state index in [0.717, 1.165) is 12.8 Å². The van der Waals surface area contributed by atoms with Crippen LogP contribution in [0.25, 0.3) is 0 Å². The molecule has 0 N–H and O–H groups in total. The summed E-state index contributed by atoms with van der Waals surface area (Å²) in [5, 5.41) is 0. The molecule has 0 bridgehead atoms. The molecule has 4 nitrogen and oxygen atoms in total. The molecule has 0 fully saturated rings.